The molecule has 0 aromatic heterocycles. The van der Waals surface area contributed by atoms with Crippen molar-refractivity contribution in [3.05, 3.63) is 28.8 Å². The van der Waals surface area contributed by atoms with Crippen LogP contribution in [0.15, 0.2) is 12.1 Å². The summed E-state index contributed by atoms with van der Waals surface area (Å²) in [7, 11) is 0. The molecular weight excluding hydrogens is 180 g/mol. The molecule has 1 aromatic carbocycles. The van der Waals surface area contributed by atoms with E-state index in [1.54, 1.807) is 6.07 Å². The van der Waals surface area contributed by atoms with Crippen molar-refractivity contribution in [3.63, 3.8) is 0 Å². The summed E-state index contributed by atoms with van der Waals surface area (Å²) in [6.45, 7) is 0. The predicted octanol–water partition coefficient (Wildman–Crippen LogP) is 0.437. The first kappa shape index (κ1) is 9.02. The van der Waals surface area contributed by atoms with E-state index in [1.807, 2.05) is 0 Å². The molecule has 0 saturated heterocycles. The maximum Gasteiger partial charge on any atom is 0.252 e. The second-order valence-electron chi connectivity index (χ2n) is 3.54. The first-order valence-corrected chi connectivity index (χ1v) is 4.51. The van der Waals surface area contributed by atoms with Crippen molar-refractivity contribution < 1.29 is 9.90 Å². The van der Waals surface area contributed by atoms with E-state index in [2.05, 4.69) is 0 Å². The standard InChI is InChI=1S/C10H12N2O2/c11-7-3-1-6-5(7)2-4-8(13)9(6)10(12)14/h2,4,7,13H,1,3,11H2,(H2,12,14)/t7-/m1/s1. The molecule has 0 aliphatic heterocycles. The molecule has 5 N–H and O–H groups in total. The highest BCUT2D eigenvalue weighted by Crippen LogP contribution is 2.35. The van der Waals surface area contributed by atoms with Crippen molar-refractivity contribution in [2.24, 2.45) is 11.5 Å². The van der Waals surface area contributed by atoms with Crippen LogP contribution in [0.4, 0.5) is 0 Å². The number of carbonyl (C=O) groups is 1. The Morgan fingerprint density at radius 2 is 2.21 bits per heavy atom. The second kappa shape index (κ2) is 2.99. The fourth-order valence-electron chi connectivity index (χ4n) is 2.00. The van der Waals surface area contributed by atoms with Gasteiger partial charge in [-0.3, -0.25) is 4.79 Å². The number of aromatic hydroxyl groups is 1. The Hall–Kier alpha value is -1.55. The summed E-state index contributed by atoms with van der Waals surface area (Å²) >= 11 is 0. The lowest BCUT2D eigenvalue weighted by Gasteiger charge is -2.08. The van der Waals surface area contributed by atoms with E-state index >= 15 is 0 Å². The smallest absolute Gasteiger partial charge is 0.252 e. The van der Waals surface area contributed by atoms with Crippen LogP contribution in [-0.4, -0.2) is 11.0 Å². The fourth-order valence-corrected chi connectivity index (χ4v) is 2.00. The number of benzene rings is 1. The molecule has 0 unspecified atom stereocenters. The third-order valence-electron chi connectivity index (χ3n) is 2.68. The van der Waals surface area contributed by atoms with E-state index in [9.17, 15) is 9.90 Å². The molecule has 2 rings (SSSR count). The average molecular weight is 192 g/mol. The molecule has 1 atom stereocenters. The Bertz CT molecular complexity index is 401. The summed E-state index contributed by atoms with van der Waals surface area (Å²) in [4.78, 5) is 11.1. The van der Waals surface area contributed by atoms with Crippen LogP contribution in [0.5, 0.6) is 5.75 Å². The highest BCUT2D eigenvalue weighted by Gasteiger charge is 2.25. The number of amides is 1. The lowest BCUT2D eigenvalue weighted by Crippen LogP contribution is -2.14. The Kier molecular flexibility index (Phi) is 1.93. The minimum atomic E-state index is -0.589. The van der Waals surface area contributed by atoms with Gasteiger partial charge in [0.25, 0.3) is 5.91 Å². The SMILES string of the molecule is NC(=O)c1c(O)ccc2c1CC[C@H]2N. The van der Waals surface area contributed by atoms with Crippen LogP contribution in [0, 0.1) is 0 Å². The summed E-state index contributed by atoms with van der Waals surface area (Å²) in [5.74, 6) is -0.640. The maximum absolute atomic E-state index is 11.1. The van der Waals surface area contributed by atoms with Crippen LogP contribution in [-0.2, 0) is 6.42 Å². The van der Waals surface area contributed by atoms with Gasteiger partial charge in [0.1, 0.15) is 5.75 Å². The zero-order valence-corrected chi connectivity index (χ0v) is 7.66. The molecule has 0 radical (unpaired) electrons. The minimum absolute atomic E-state index is 0.0382. The number of phenols is 1. The van der Waals surface area contributed by atoms with Gasteiger partial charge in [-0.2, -0.15) is 0 Å². The van der Waals surface area contributed by atoms with Crippen molar-refractivity contribution >= 4 is 5.91 Å². The van der Waals surface area contributed by atoms with Crippen molar-refractivity contribution in [3.8, 4) is 5.75 Å². The predicted molar refractivity (Wildman–Crippen MR) is 51.9 cm³/mol. The summed E-state index contributed by atoms with van der Waals surface area (Å²) in [5.41, 5.74) is 13.0. The van der Waals surface area contributed by atoms with Gasteiger partial charge in [0.2, 0.25) is 0 Å². The van der Waals surface area contributed by atoms with Crippen molar-refractivity contribution in [2.75, 3.05) is 0 Å². The van der Waals surface area contributed by atoms with E-state index in [-0.39, 0.29) is 17.4 Å². The second-order valence-corrected chi connectivity index (χ2v) is 3.54. The third kappa shape index (κ3) is 1.15. The van der Waals surface area contributed by atoms with Gasteiger partial charge in [0.15, 0.2) is 0 Å². The minimum Gasteiger partial charge on any atom is -0.507 e. The Morgan fingerprint density at radius 3 is 2.86 bits per heavy atom. The molecule has 0 spiro atoms. The topological polar surface area (TPSA) is 89.3 Å². The molecule has 4 nitrogen and oxygen atoms in total. The van der Waals surface area contributed by atoms with Crippen LogP contribution >= 0.6 is 0 Å². The number of rotatable bonds is 1. The molecule has 0 heterocycles. The number of fused-ring (bicyclic) bond motifs is 1. The van der Waals surface area contributed by atoms with Crippen LogP contribution < -0.4 is 11.5 Å². The van der Waals surface area contributed by atoms with E-state index in [4.69, 9.17) is 11.5 Å². The third-order valence-corrected chi connectivity index (χ3v) is 2.68. The van der Waals surface area contributed by atoms with E-state index in [0.29, 0.717) is 6.42 Å². The number of carbonyl (C=O) groups excluding carboxylic acids is 1. The average Bonchev–Trinajstić information content (AvgIpc) is 2.47. The first-order valence-electron chi connectivity index (χ1n) is 4.51. The molecule has 1 aliphatic carbocycles. The van der Waals surface area contributed by atoms with Crippen LogP contribution in [0.3, 0.4) is 0 Å². The summed E-state index contributed by atoms with van der Waals surface area (Å²) in [6.07, 6.45) is 1.52. The molecule has 1 aliphatic rings. The van der Waals surface area contributed by atoms with Gasteiger partial charge in [-0.1, -0.05) is 6.07 Å². The number of nitrogens with two attached hydrogens (primary N) is 2. The molecule has 1 aromatic rings. The zero-order valence-electron chi connectivity index (χ0n) is 7.66. The van der Waals surface area contributed by atoms with Gasteiger partial charge in [-0.15, -0.1) is 0 Å². The first-order chi connectivity index (χ1) is 6.61. The number of hydrogen-bond donors (Lipinski definition) is 3. The van der Waals surface area contributed by atoms with Crippen molar-refractivity contribution in [2.45, 2.75) is 18.9 Å². The monoisotopic (exact) mass is 192 g/mol. The highest BCUT2D eigenvalue weighted by molar-refractivity contribution is 5.97. The van der Waals surface area contributed by atoms with Gasteiger partial charge in [0, 0.05) is 6.04 Å². The van der Waals surface area contributed by atoms with Crippen molar-refractivity contribution in [1.82, 2.24) is 0 Å². The normalized spacial score (nSPS) is 19.4. The van der Waals surface area contributed by atoms with Gasteiger partial charge in [-0.05, 0) is 30.0 Å². The molecule has 0 fully saturated rings. The summed E-state index contributed by atoms with van der Waals surface area (Å²) in [5, 5.41) is 9.49. The molecule has 14 heavy (non-hydrogen) atoms. The van der Waals surface area contributed by atoms with E-state index in [0.717, 1.165) is 17.5 Å². The summed E-state index contributed by atoms with van der Waals surface area (Å²) in [6, 6.07) is 3.20. The molecule has 0 bridgehead atoms. The van der Waals surface area contributed by atoms with Gasteiger partial charge in [-0.25, -0.2) is 0 Å². The van der Waals surface area contributed by atoms with E-state index < -0.39 is 5.91 Å². The molecule has 4 heteroatoms. The molecular formula is C10H12N2O2. The lowest BCUT2D eigenvalue weighted by molar-refractivity contribution is 0.0997. The van der Waals surface area contributed by atoms with Crippen LogP contribution in [0.1, 0.15) is 33.9 Å². The van der Waals surface area contributed by atoms with E-state index in [1.165, 1.54) is 6.07 Å². The van der Waals surface area contributed by atoms with Gasteiger partial charge in [0.05, 0.1) is 5.56 Å². The quantitative estimate of drug-likeness (QED) is 0.603. The van der Waals surface area contributed by atoms with Crippen LogP contribution in [0.2, 0.25) is 0 Å². The maximum atomic E-state index is 11.1. The molecule has 1 amide bonds. The van der Waals surface area contributed by atoms with Crippen LogP contribution in [0.25, 0.3) is 0 Å². The van der Waals surface area contributed by atoms with Gasteiger partial charge < -0.3 is 16.6 Å². The Balaban J connectivity index is 2.65. The number of hydrogen-bond acceptors (Lipinski definition) is 3. The fraction of sp³-hybridized carbons (Fsp3) is 0.300. The van der Waals surface area contributed by atoms with Crippen molar-refractivity contribution in [1.29, 1.82) is 0 Å². The Morgan fingerprint density at radius 1 is 1.50 bits per heavy atom. The number of primary amides is 1. The molecule has 0 saturated carbocycles. The largest absolute Gasteiger partial charge is 0.507 e. The highest BCUT2D eigenvalue weighted by atomic mass is 16.3. The Labute approximate surface area is 81.5 Å². The lowest BCUT2D eigenvalue weighted by atomic mass is 10.0. The molecule has 74 valence electrons. The summed E-state index contributed by atoms with van der Waals surface area (Å²) < 4.78 is 0. The van der Waals surface area contributed by atoms with Gasteiger partial charge >= 0.3 is 0 Å². The zero-order chi connectivity index (χ0) is 10.3.